The third-order valence-corrected chi connectivity index (χ3v) is 6.79. The molecule has 0 aromatic carbocycles. The first-order valence-electron chi connectivity index (χ1n) is 13.3. The van der Waals surface area contributed by atoms with E-state index in [0.717, 1.165) is 12.8 Å². The van der Waals surface area contributed by atoms with Gasteiger partial charge in [-0.05, 0) is 12.8 Å². The van der Waals surface area contributed by atoms with E-state index in [1.165, 1.54) is 148 Å². The third-order valence-electron chi connectivity index (χ3n) is 6.79. The molecular weight excluding hydrogens is 338 g/mol. The molecule has 1 heteroatoms. The second-order valence-electron chi connectivity index (χ2n) is 9.54. The van der Waals surface area contributed by atoms with Crippen LogP contribution in [0, 0.1) is 17.2 Å². The van der Waals surface area contributed by atoms with Crippen LogP contribution in [0.15, 0.2) is 0 Å². The molecule has 1 fully saturated rings. The number of hydrogen-bond acceptors (Lipinski definition) is 1. The molecule has 0 unspecified atom stereocenters. The molecule has 0 atom stereocenters. The Morgan fingerprint density at radius 1 is 0.321 bits per heavy atom. The molecule has 1 nitrogen and oxygen atoms in total. The number of nitriles is 1. The van der Waals surface area contributed by atoms with Crippen LogP contribution in [-0.2, 0) is 0 Å². The average Bonchev–Trinajstić information content (AvgIpc) is 2.71. The van der Waals surface area contributed by atoms with Crippen molar-refractivity contribution in [2.24, 2.45) is 5.92 Å². The number of nitrogens with zero attached hydrogens (tertiary/aromatic N) is 1. The molecule has 0 bridgehead atoms. The van der Waals surface area contributed by atoms with Gasteiger partial charge in [-0.3, -0.25) is 0 Å². The monoisotopic (exact) mass is 389 g/mol. The lowest BCUT2D eigenvalue weighted by Gasteiger charge is -2.09. The van der Waals surface area contributed by atoms with Crippen LogP contribution < -0.4 is 0 Å². The zero-order valence-corrected chi connectivity index (χ0v) is 19.2. The van der Waals surface area contributed by atoms with Gasteiger partial charge in [0, 0.05) is 5.92 Å². The fourth-order valence-corrected chi connectivity index (χ4v) is 4.77. The minimum atomic E-state index is 0.332. The highest BCUT2D eigenvalue weighted by Gasteiger charge is 2.07. The van der Waals surface area contributed by atoms with E-state index in [0.29, 0.717) is 5.92 Å². The van der Waals surface area contributed by atoms with Crippen LogP contribution in [0.3, 0.4) is 0 Å². The summed E-state index contributed by atoms with van der Waals surface area (Å²) in [7, 11) is 0. The molecule has 0 spiro atoms. The fourth-order valence-electron chi connectivity index (χ4n) is 4.77. The predicted molar refractivity (Wildman–Crippen MR) is 125 cm³/mol. The lowest BCUT2D eigenvalue weighted by Crippen LogP contribution is -1.97. The second kappa shape index (κ2) is 21.2. The first-order chi connectivity index (χ1) is 13.9. The third kappa shape index (κ3) is 17.6. The predicted octanol–water partition coefficient (Wildman–Crippen LogP) is 9.89. The SMILES string of the molecule is N#CC1CCCCCCCCCCCCCCCCCCCCCCCCC1. The first kappa shape index (κ1) is 25.5. The normalized spacial score (nSPS) is 23.5. The summed E-state index contributed by atoms with van der Waals surface area (Å²) in [4.78, 5) is 0. The minimum Gasteiger partial charge on any atom is -0.198 e. The summed E-state index contributed by atoms with van der Waals surface area (Å²) < 4.78 is 0. The molecule has 0 aliphatic heterocycles. The van der Waals surface area contributed by atoms with Crippen LogP contribution >= 0.6 is 0 Å². The minimum absolute atomic E-state index is 0.332. The van der Waals surface area contributed by atoms with Gasteiger partial charge in [0.2, 0.25) is 0 Å². The topological polar surface area (TPSA) is 23.8 Å². The van der Waals surface area contributed by atoms with Gasteiger partial charge in [0.05, 0.1) is 6.07 Å². The molecule has 1 saturated carbocycles. The van der Waals surface area contributed by atoms with Gasteiger partial charge in [-0.25, -0.2) is 0 Å². The zero-order valence-electron chi connectivity index (χ0n) is 19.2. The van der Waals surface area contributed by atoms with E-state index < -0.39 is 0 Å². The van der Waals surface area contributed by atoms with Crippen LogP contribution in [0.4, 0.5) is 0 Å². The molecule has 0 N–H and O–H groups in total. The Morgan fingerprint density at radius 2 is 0.500 bits per heavy atom. The Morgan fingerprint density at radius 3 is 0.679 bits per heavy atom. The molecule has 0 aromatic heterocycles. The van der Waals surface area contributed by atoms with Crippen molar-refractivity contribution in [1.29, 1.82) is 5.26 Å². The Balaban J connectivity index is 2.12. The van der Waals surface area contributed by atoms with Crippen molar-refractivity contribution >= 4 is 0 Å². The smallest absolute Gasteiger partial charge is 0.0655 e. The molecule has 28 heavy (non-hydrogen) atoms. The Labute approximate surface area is 178 Å². The van der Waals surface area contributed by atoms with Gasteiger partial charge in [-0.2, -0.15) is 5.26 Å². The Hall–Kier alpha value is -0.510. The van der Waals surface area contributed by atoms with E-state index in [9.17, 15) is 5.26 Å². The molecule has 0 radical (unpaired) electrons. The van der Waals surface area contributed by atoms with Crippen LogP contribution in [0.25, 0.3) is 0 Å². The van der Waals surface area contributed by atoms with E-state index in [1.807, 2.05) is 0 Å². The summed E-state index contributed by atoms with van der Waals surface area (Å²) in [5.74, 6) is 0.332. The van der Waals surface area contributed by atoms with Crippen molar-refractivity contribution in [3.63, 3.8) is 0 Å². The second-order valence-corrected chi connectivity index (χ2v) is 9.54. The summed E-state index contributed by atoms with van der Waals surface area (Å²) in [6.07, 6.45) is 35.0. The van der Waals surface area contributed by atoms with Crippen molar-refractivity contribution < 1.29 is 0 Å². The lowest BCUT2D eigenvalue weighted by molar-refractivity contribution is 0.466. The maximum atomic E-state index is 9.39. The highest BCUT2D eigenvalue weighted by atomic mass is 14.3. The molecule has 0 saturated heterocycles. The van der Waals surface area contributed by atoms with Gasteiger partial charge in [-0.15, -0.1) is 0 Å². The van der Waals surface area contributed by atoms with Gasteiger partial charge in [0.25, 0.3) is 0 Å². The Bertz CT molecular complexity index is 317. The van der Waals surface area contributed by atoms with Crippen molar-refractivity contribution in [3.05, 3.63) is 0 Å². The average molecular weight is 390 g/mol. The van der Waals surface area contributed by atoms with Gasteiger partial charge >= 0.3 is 0 Å². The lowest BCUT2D eigenvalue weighted by atomic mass is 9.95. The highest BCUT2D eigenvalue weighted by molar-refractivity contribution is 4.82. The highest BCUT2D eigenvalue weighted by Crippen LogP contribution is 2.20. The fraction of sp³-hybridized carbons (Fsp3) is 0.963. The zero-order chi connectivity index (χ0) is 20.0. The van der Waals surface area contributed by atoms with E-state index >= 15 is 0 Å². The summed E-state index contributed by atoms with van der Waals surface area (Å²) in [6, 6.07) is 2.57. The maximum Gasteiger partial charge on any atom is 0.0655 e. The van der Waals surface area contributed by atoms with Gasteiger partial charge < -0.3 is 0 Å². The van der Waals surface area contributed by atoms with Gasteiger partial charge in [0.1, 0.15) is 0 Å². The standard InChI is InChI=1S/C27H51N/c28-26-27-24-22-20-18-16-14-12-10-8-6-4-2-1-3-5-7-9-11-13-15-17-19-21-23-25-27/h27H,1-25H2. The summed E-state index contributed by atoms with van der Waals surface area (Å²) in [5.41, 5.74) is 0. The molecule has 1 aliphatic carbocycles. The van der Waals surface area contributed by atoms with Crippen LogP contribution in [0.2, 0.25) is 0 Å². The van der Waals surface area contributed by atoms with E-state index in [1.54, 1.807) is 0 Å². The molecule has 1 aliphatic rings. The van der Waals surface area contributed by atoms with Crippen molar-refractivity contribution in [1.82, 2.24) is 0 Å². The number of rotatable bonds is 0. The molecule has 0 amide bonds. The van der Waals surface area contributed by atoms with Gasteiger partial charge in [-0.1, -0.05) is 148 Å². The quantitative estimate of drug-likeness (QED) is 0.404. The van der Waals surface area contributed by atoms with E-state index in [4.69, 9.17) is 0 Å². The van der Waals surface area contributed by atoms with Crippen LogP contribution in [-0.4, -0.2) is 0 Å². The van der Waals surface area contributed by atoms with Crippen molar-refractivity contribution in [3.8, 4) is 6.07 Å². The van der Waals surface area contributed by atoms with Crippen molar-refractivity contribution in [2.75, 3.05) is 0 Å². The molecule has 0 heterocycles. The molecular formula is C27H51N. The van der Waals surface area contributed by atoms with Gasteiger partial charge in [0.15, 0.2) is 0 Å². The van der Waals surface area contributed by atoms with Crippen LogP contribution in [0.1, 0.15) is 161 Å². The van der Waals surface area contributed by atoms with E-state index in [-0.39, 0.29) is 0 Å². The van der Waals surface area contributed by atoms with Crippen molar-refractivity contribution in [2.45, 2.75) is 161 Å². The maximum absolute atomic E-state index is 9.39. The number of hydrogen-bond donors (Lipinski definition) is 0. The Kier molecular flexibility index (Phi) is 19.3. The summed E-state index contributed by atoms with van der Waals surface area (Å²) in [5, 5.41) is 9.39. The van der Waals surface area contributed by atoms with Crippen LogP contribution in [0.5, 0.6) is 0 Å². The summed E-state index contributed by atoms with van der Waals surface area (Å²) >= 11 is 0. The van der Waals surface area contributed by atoms with E-state index in [2.05, 4.69) is 6.07 Å². The molecule has 164 valence electrons. The molecule has 0 aromatic rings. The summed E-state index contributed by atoms with van der Waals surface area (Å²) in [6.45, 7) is 0. The molecule has 1 rings (SSSR count). The first-order valence-corrected chi connectivity index (χ1v) is 13.3. The largest absolute Gasteiger partial charge is 0.198 e.